The van der Waals surface area contributed by atoms with Crippen LogP contribution in [-0.2, 0) is 6.54 Å². The van der Waals surface area contributed by atoms with Crippen LogP contribution in [0.2, 0.25) is 4.47 Å². The Bertz CT molecular complexity index is 348. The van der Waals surface area contributed by atoms with E-state index in [0.29, 0.717) is 10.0 Å². The van der Waals surface area contributed by atoms with E-state index in [1.165, 1.54) is 24.3 Å². The van der Waals surface area contributed by atoms with E-state index in [0.717, 1.165) is 18.2 Å². The Labute approximate surface area is 100 Å². The first-order chi connectivity index (χ1) is 6.97. The van der Waals surface area contributed by atoms with Gasteiger partial charge < -0.3 is 0 Å². The van der Waals surface area contributed by atoms with E-state index >= 15 is 0 Å². The highest BCUT2D eigenvalue weighted by atomic mass is 35.5. The number of hydrogen-bond donors (Lipinski definition) is 0. The van der Waals surface area contributed by atoms with Crippen LogP contribution in [0.5, 0.6) is 0 Å². The molecule has 0 spiro atoms. The van der Waals surface area contributed by atoms with Gasteiger partial charge in [0, 0.05) is 24.0 Å². The fourth-order valence-corrected chi connectivity index (χ4v) is 3.27. The molecular formula is C11H17ClN2S. The monoisotopic (exact) mass is 244 g/mol. The van der Waals surface area contributed by atoms with Crippen molar-refractivity contribution in [1.82, 2.24) is 9.88 Å². The van der Waals surface area contributed by atoms with Gasteiger partial charge in [-0.1, -0.05) is 18.5 Å². The van der Waals surface area contributed by atoms with E-state index in [9.17, 15) is 0 Å². The Hall–Kier alpha value is -0.120. The molecular weight excluding hydrogens is 228 g/mol. The molecule has 0 N–H and O–H groups in total. The highest BCUT2D eigenvalue weighted by molar-refractivity contribution is 7.13. The van der Waals surface area contributed by atoms with Crippen LogP contribution in [0.4, 0.5) is 0 Å². The van der Waals surface area contributed by atoms with Crippen LogP contribution in [0.1, 0.15) is 32.9 Å². The molecule has 1 fully saturated rings. The molecule has 2 nitrogen and oxygen atoms in total. The summed E-state index contributed by atoms with van der Waals surface area (Å²) in [4.78, 5) is 6.81. The minimum atomic E-state index is 0.301. The molecule has 1 atom stereocenters. The maximum Gasteiger partial charge on any atom is 0.183 e. The number of rotatable bonds is 2. The van der Waals surface area contributed by atoms with Gasteiger partial charge in [-0.2, -0.15) is 0 Å². The molecule has 1 saturated heterocycles. The first kappa shape index (κ1) is 11.4. The molecule has 84 valence electrons. The highest BCUT2D eigenvalue weighted by Crippen LogP contribution is 2.33. The van der Waals surface area contributed by atoms with Crippen molar-refractivity contribution in [2.24, 2.45) is 5.92 Å². The Morgan fingerprint density at radius 2 is 2.40 bits per heavy atom. The predicted molar refractivity (Wildman–Crippen MR) is 65.4 cm³/mol. The molecule has 1 aliphatic heterocycles. The zero-order valence-corrected chi connectivity index (χ0v) is 11.0. The summed E-state index contributed by atoms with van der Waals surface area (Å²) >= 11 is 7.35. The van der Waals surface area contributed by atoms with Gasteiger partial charge in [0.15, 0.2) is 4.47 Å². The SMILES string of the molecule is CC1CN(Cc2csc(Cl)n2)C(C)(C)C1. The molecule has 0 amide bonds. The Morgan fingerprint density at radius 1 is 1.67 bits per heavy atom. The van der Waals surface area contributed by atoms with Gasteiger partial charge in [0.2, 0.25) is 0 Å². The second-order valence-electron chi connectivity index (χ2n) is 5.09. The topological polar surface area (TPSA) is 16.1 Å². The lowest BCUT2D eigenvalue weighted by Gasteiger charge is -2.30. The first-order valence-electron chi connectivity index (χ1n) is 5.32. The van der Waals surface area contributed by atoms with Gasteiger partial charge >= 0.3 is 0 Å². The zero-order valence-electron chi connectivity index (χ0n) is 9.46. The predicted octanol–water partition coefficient (Wildman–Crippen LogP) is 3.42. The van der Waals surface area contributed by atoms with E-state index in [1.54, 1.807) is 0 Å². The highest BCUT2D eigenvalue weighted by Gasteiger charge is 2.36. The minimum absolute atomic E-state index is 0.301. The lowest BCUT2D eigenvalue weighted by atomic mass is 9.98. The molecule has 0 radical (unpaired) electrons. The Morgan fingerprint density at radius 3 is 2.87 bits per heavy atom. The normalized spacial score (nSPS) is 26.0. The van der Waals surface area contributed by atoms with E-state index in [-0.39, 0.29) is 0 Å². The van der Waals surface area contributed by atoms with Gasteiger partial charge in [0.05, 0.1) is 5.69 Å². The van der Waals surface area contributed by atoms with Crippen molar-refractivity contribution in [3.8, 4) is 0 Å². The Kier molecular flexibility index (Phi) is 3.06. The summed E-state index contributed by atoms with van der Waals surface area (Å²) in [5, 5.41) is 2.06. The lowest BCUT2D eigenvalue weighted by Crippen LogP contribution is -2.37. The largest absolute Gasteiger partial charge is 0.292 e. The van der Waals surface area contributed by atoms with Gasteiger partial charge in [-0.3, -0.25) is 4.90 Å². The maximum absolute atomic E-state index is 5.83. The van der Waals surface area contributed by atoms with Crippen molar-refractivity contribution in [1.29, 1.82) is 0 Å². The van der Waals surface area contributed by atoms with Crippen LogP contribution in [0.15, 0.2) is 5.38 Å². The van der Waals surface area contributed by atoms with E-state index in [2.05, 4.69) is 36.0 Å². The second-order valence-corrected chi connectivity index (χ2v) is 6.53. The van der Waals surface area contributed by atoms with E-state index < -0.39 is 0 Å². The summed E-state index contributed by atoms with van der Waals surface area (Å²) < 4.78 is 0.648. The Balaban J connectivity index is 2.06. The van der Waals surface area contributed by atoms with Crippen molar-refractivity contribution < 1.29 is 0 Å². The minimum Gasteiger partial charge on any atom is -0.292 e. The zero-order chi connectivity index (χ0) is 11.1. The average molecular weight is 245 g/mol. The molecule has 1 unspecified atom stereocenters. The van der Waals surface area contributed by atoms with Crippen LogP contribution in [-0.4, -0.2) is 22.0 Å². The summed E-state index contributed by atoms with van der Waals surface area (Å²) in [5.41, 5.74) is 1.40. The third kappa shape index (κ3) is 2.52. The summed E-state index contributed by atoms with van der Waals surface area (Å²) in [6, 6.07) is 0. The fourth-order valence-electron chi connectivity index (χ4n) is 2.50. The molecule has 4 heteroatoms. The number of halogens is 1. The lowest BCUT2D eigenvalue weighted by molar-refractivity contribution is 0.164. The maximum atomic E-state index is 5.83. The number of thiazole rings is 1. The smallest absolute Gasteiger partial charge is 0.183 e. The molecule has 2 rings (SSSR count). The summed E-state index contributed by atoms with van der Waals surface area (Å²) in [7, 11) is 0. The third-order valence-electron chi connectivity index (χ3n) is 3.11. The molecule has 0 aliphatic carbocycles. The van der Waals surface area contributed by atoms with Gasteiger partial charge in [-0.05, 0) is 26.2 Å². The number of aromatic nitrogens is 1. The molecule has 2 heterocycles. The van der Waals surface area contributed by atoms with Crippen molar-refractivity contribution in [3.63, 3.8) is 0 Å². The van der Waals surface area contributed by atoms with Crippen LogP contribution in [0.3, 0.4) is 0 Å². The van der Waals surface area contributed by atoms with Crippen molar-refractivity contribution in [2.45, 2.75) is 39.3 Å². The fraction of sp³-hybridized carbons (Fsp3) is 0.727. The number of hydrogen-bond acceptors (Lipinski definition) is 3. The number of nitrogens with zero attached hydrogens (tertiary/aromatic N) is 2. The standard InChI is InChI=1S/C11H17ClN2S/c1-8-4-11(2,3)14(5-8)6-9-7-15-10(12)13-9/h7-8H,4-6H2,1-3H3. The van der Waals surface area contributed by atoms with Crippen LogP contribution < -0.4 is 0 Å². The van der Waals surface area contributed by atoms with E-state index in [4.69, 9.17) is 11.6 Å². The van der Waals surface area contributed by atoms with Crippen molar-refractivity contribution >= 4 is 22.9 Å². The third-order valence-corrected chi connectivity index (χ3v) is 4.14. The second kappa shape index (κ2) is 4.04. The first-order valence-corrected chi connectivity index (χ1v) is 6.58. The van der Waals surface area contributed by atoms with Crippen LogP contribution in [0, 0.1) is 5.92 Å². The van der Waals surface area contributed by atoms with Crippen molar-refractivity contribution in [2.75, 3.05) is 6.54 Å². The molecule has 1 aromatic rings. The molecule has 0 saturated carbocycles. The molecule has 1 aliphatic rings. The van der Waals surface area contributed by atoms with Crippen molar-refractivity contribution in [3.05, 3.63) is 15.5 Å². The van der Waals surface area contributed by atoms with Gasteiger partial charge in [0.1, 0.15) is 0 Å². The summed E-state index contributed by atoms with van der Waals surface area (Å²) in [6.07, 6.45) is 1.27. The van der Waals surface area contributed by atoms with Crippen LogP contribution in [0.25, 0.3) is 0 Å². The van der Waals surface area contributed by atoms with Crippen LogP contribution >= 0.6 is 22.9 Å². The quantitative estimate of drug-likeness (QED) is 0.793. The summed E-state index contributed by atoms with van der Waals surface area (Å²) in [5.74, 6) is 0.786. The van der Waals surface area contributed by atoms with Gasteiger partial charge in [0.25, 0.3) is 0 Å². The molecule has 15 heavy (non-hydrogen) atoms. The number of likely N-dealkylation sites (tertiary alicyclic amines) is 1. The summed E-state index contributed by atoms with van der Waals surface area (Å²) in [6.45, 7) is 9.04. The van der Waals surface area contributed by atoms with Gasteiger partial charge in [-0.25, -0.2) is 4.98 Å². The molecule has 0 aromatic carbocycles. The van der Waals surface area contributed by atoms with Gasteiger partial charge in [-0.15, -0.1) is 11.3 Å². The molecule has 0 bridgehead atoms. The average Bonchev–Trinajstić information content (AvgIpc) is 2.58. The molecule has 1 aromatic heterocycles. The van der Waals surface area contributed by atoms with E-state index in [1.807, 2.05) is 0 Å².